The van der Waals surface area contributed by atoms with Gasteiger partial charge in [0.25, 0.3) is 5.91 Å². The van der Waals surface area contributed by atoms with E-state index in [2.05, 4.69) is 22.1 Å². The van der Waals surface area contributed by atoms with Crippen LogP contribution in [0.2, 0.25) is 0 Å². The van der Waals surface area contributed by atoms with Gasteiger partial charge in [0.15, 0.2) is 0 Å². The summed E-state index contributed by atoms with van der Waals surface area (Å²) in [5.74, 6) is -3.83. The largest absolute Gasteiger partial charge is 0.370 e. The van der Waals surface area contributed by atoms with Gasteiger partial charge in [0.1, 0.15) is 11.6 Å². The average molecular weight is 476 g/mol. The van der Waals surface area contributed by atoms with Gasteiger partial charge in [-0.1, -0.05) is 6.92 Å². The molecule has 2 heterocycles. The third-order valence-electron chi connectivity index (χ3n) is 7.23. The molecule has 0 spiro atoms. The van der Waals surface area contributed by atoms with Crippen molar-refractivity contribution in [2.75, 3.05) is 18.0 Å². The number of halogens is 4. The molecule has 4 nitrogen and oxygen atoms in total. The molecule has 182 valence electrons. The highest BCUT2D eigenvalue weighted by Gasteiger charge is 2.37. The van der Waals surface area contributed by atoms with Crippen LogP contribution >= 0.6 is 0 Å². The molecule has 0 bridgehead atoms. The van der Waals surface area contributed by atoms with Crippen molar-refractivity contribution in [3.05, 3.63) is 47.3 Å². The Hall–Kier alpha value is -2.64. The van der Waals surface area contributed by atoms with Crippen LogP contribution in [-0.2, 0) is 0 Å². The number of hydrogen-bond acceptors (Lipinski definition) is 3. The SMILES string of the molecule is C[C@@H]1CCN(c2c(C(=O)NC3CCC(F)(F)CC3)cnc(C3CC3)c2-c2cc(F)cc(F)c2)C1. The third kappa shape index (κ3) is 4.77. The van der Waals surface area contributed by atoms with Gasteiger partial charge in [0, 0.05) is 55.7 Å². The van der Waals surface area contributed by atoms with Crippen molar-refractivity contribution in [3.8, 4) is 11.1 Å². The summed E-state index contributed by atoms with van der Waals surface area (Å²) in [4.78, 5) is 20.2. The Morgan fingerprint density at radius 2 is 1.74 bits per heavy atom. The van der Waals surface area contributed by atoms with Crippen molar-refractivity contribution < 1.29 is 22.4 Å². The summed E-state index contributed by atoms with van der Waals surface area (Å²) in [6, 6.07) is 3.08. The van der Waals surface area contributed by atoms with Gasteiger partial charge in [-0.2, -0.15) is 0 Å². The van der Waals surface area contributed by atoms with Gasteiger partial charge in [0.2, 0.25) is 5.92 Å². The molecule has 3 fully saturated rings. The van der Waals surface area contributed by atoms with Crippen LogP contribution in [0.3, 0.4) is 0 Å². The Kier molecular flexibility index (Phi) is 6.02. The van der Waals surface area contributed by atoms with E-state index in [0.717, 1.165) is 44.1 Å². The molecule has 1 saturated heterocycles. The van der Waals surface area contributed by atoms with E-state index in [0.29, 0.717) is 28.3 Å². The Morgan fingerprint density at radius 3 is 2.32 bits per heavy atom. The number of rotatable bonds is 5. The van der Waals surface area contributed by atoms with Gasteiger partial charge in [-0.3, -0.25) is 9.78 Å². The van der Waals surface area contributed by atoms with Crippen molar-refractivity contribution in [2.45, 2.75) is 69.8 Å². The zero-order valence-corrected chi connectivity index (χ0v) is 19.2. The molecule has 1 amide bonds. The number of alkyl halides is 2. The summed E-state index contributed by atoms with van der Waals surface area (Å²) < 4.78 is 55.7. The number of carbonyl (C=O) groups excluding carboxylic acids is 1. The predicted octanol–water partition coefficient (Wildman–Crippen LogP) is 6.06. The van der Waals surface area contributed by atoms with Crippen molar-refractivity contribution >= 4 is 11.6 Å². The molecule has 1 aromatic heterocycles. The summed E-state index contributed by atoms with van der Waals surface area (Å²) in [6.07, 6.45) is 4.30. The Bertz CT molecular complexity index is 1070. The second-order valence-corrected chi connectivity index (χ2v) is 10.2. The number of pyridine rings is 1. The van der Waals surface area contributed by atoms with Crippen molar-refractivity contribution in [2.24, 2.45) is 5.92 Å². The number of amides is 1. The molecule has 1 aliphatic heterocycles. The van der Waals surface area contributed by atoms with Crippen LogP contribution < -0.4 is 10.2 Å². The molecular formula is C26H29F4N3O. The summed E-state index contributed by atoms with van der Waals surface area (Å²) in [7, 11) is 0. The monoisotopic (exact) mass is 475 g/mol. The fourth-order valence-electron chi connectivity index (χ4n) is 5.25. The summed E-state index contributed by atoms with van der Waals surface area (Å²) in [6.45, 7) is 3.57. The van der Waals surface area contributed by atoms with Crippen LogP contribution in [0.15, 0.2) is 24.4 Å². The molecular weight excluding hydrogens is 446 g/mol. The van der Waals surface area contributed by atoms with Crippen LogP contribution in [0.4, 0.5) is 23.2 Å². The van der Waals surface area contributed by atoms with E-state index in [-0.39, 0.29) is 43.6 Å². The van der Waals surface area contributed by atoms with Crippen LogP contribution in [-0.4, -0.2) is 35.9 Å². The van der Waals surface area contributed by atoms with Gasteiger partial charge < -0.3 is 10.2 Å². The number of benzene rings is 1. The standard InChI is InChI=1S/C26H29F4N3O/c1-15-6-9-33(14-15)24-21(25(34)32-20-4-7-26(29,30)8-5-20)13-31-23(16-2-3-16)22(24)17-10-18(27)12-19(28)11-17/h10-13,15-16,20H,2-9,14H2,1H3,(H,32,34)/t15-/m1/s1. The second-order valence-electron chi connectivity index (χ2n) is 10.2. The molecule has 0 unspecified atom stereocenters. The minimum atomic E-state index is -2.68. The molecule has 34 heavy (non-hydrogen) atoms. The minimum Gasteiger partial charge on any atom is -0.370 e. The van der Waals surface area contributed by atoms with E-state index in [1.165, 1.54) is 12.1 Å². The third-order valence-corrected chi connectivity index (χ3v) is 7.23. The quantitative estimate of drug-likeness (QED) is 0.535. The van der Waals surface area contributed by atoms with E-state index in [1.807, 2.05) is 0 Å². The molecule has 8 heteroatoms. The van der Waals surface area contributed by atoms with Gasteiger partial charge in [-0.25, -0.2) is 17.6 Å². The zero-order chi connectivity index (χ0) is 24.0. The number of hydrogen-bond donors (Lipinski definition) is 1. The maximum Gasteiger partial charge on any atom is 0.255 e. The predicted molar refractivity (Wildman–Crippen MR) is 122 cm³/mol. The lowest BCUT2D eigenvalue weighted by atomic mass is 9.91. The van der Waals surface area contributed by atoms with Gasteiger partial charge in [-0.15, -0.1) is 0 Å². The molecule has 5 rings (SSSR count). The molecule has 2 saturated carbocycles. The van der Waals surface area contributed by atoms with Crippen LogP contribution in [0, 0.1) is 17.6 Å². The highest BCUT2D eigenvalue weighted by molar-refractivity contribution is 6.04. The van der Waals surface area contributed by atoms with E-state index < -0.39 is 17.6 Å². The van der Waals surface area contributed by atoms with Gasteiger partial charge in [0.05, 0.1) is 16.9 Å². The van der Waals surface area contributed by atoms with E-state index in [4.69, 9.17) is 0 Å². The first kappa shape index (κ1) is 23.1. The normalized spacial score (nSPS) is 22.7. The number of anilines is 1. The lowest BCUT2D eigenvalue weighted by Crippen LogP contribution is -2.41. The van der Waals surface area contributed by atoms with Crippen LogP contribution in [0.25, 0.3) is 11.1 Å². The molecule has 2 aliphatic carbocycles. The summed E-state index contributed by atoms with van der Waals surface area (Å²) in [5, 5.41) is 2.93. The Balaban J connectivity index is 1.58. The highest BCUT2D eigenvalue weighted by atomic mass is 19.3. The summed E-state index contributed by atoms with van der Waals surface area (Å²) in [5.41, 5.74) is 2.71. The van der Waals surface area contributed by atoms with Crippen LogP contribution in [0.1, 0.15) is 73.8 Å². The minimum absolute atomic E-state index is 0.192. The fourth-order valence-corrected chi connectivity index (χ4v) is 5.25. The number of carbonyl (C=O) groups is 1. The smallest absolute Gasteiger partial charge is 0.255 e. The van der Waals surface area contributed by atoms with Gasteiger partial charge >= 0.3 is 0 Å². The lowest BCUT2D eigenvalue weighted by molar-refractivity contribution is -0.0399. The summed E-state index contributed by atoms with van der Waals surface area (Å²) >= 11 is 0. The number of nitrogens with zero attached hydrogens (tertiary/aromatic N) is 2. The van der Waals surface area contributed by atoms with Gasteiger partial charge in [-0.05, 0) is 55.7 Å². The second kappa shape index (κ2) is 8.86. The number of nitrogens with one attached hydrogen (secondary N) is 1. The molecule has 0 radical (unpaired) electrons. The Morgan fingerprint density at radius 1 is 1.06 bits per heavy atom. The molecule has 1 aromatic carbocycles. The van der Waals surface area contributed by atoms with Crippen molar-refractivity contribution in [1.82, 2.24) is 10.3 Å². The van der Waals surface area contributed by atoms with Crippen molar-refractivity contribution in [3.63, 3.8) is 0 Å². The zero-order valence-electron chi connectivity index (χ0n) is 19.2. The highest BCUT2D eigenvalue weighted by Crippen LogP contribution is 2.48. The maximum atomic E-state index is 14.2. The van der Waals surface area contributed by atoms with E-state index in [1.54, 1.807) is 6.20 Å². The molecule has 3 aliphatic rings. The first-order chi connectivity index (χ1) is 16.2. The average Bonchev–Trinajstić information content (AvgIpc) is 3.53. The molecule has 1 atom stereocenters. The lowest BCUT2D eigenvalue weighted by Gasteiger charge is -2.30. The van der Waals surface area contributed by atoms with Crippen molar-refractivity contribution in [1.29, 1.82) is 0 Å². The molecule has 2 aromatic rings. The first-order valence-corrected chi connectivity index (χ1v) is 12.1. The number of aromatic nitrogens is 1. The fraction of sp³-hybridized carbons (Fsp3) is 0.538. The maximum absolute atomic E-state index is 14.2. The topological polar surface area (TPSA) is 45.2 Å². The molecule has 1 N–H and O–H groups in total. The van der Waals surface area contributed by atoms with E-state index in [9.17, 15) is 22.4 Å². The first-order valence-electron chi connectivity index (χ1n) is 12.1. The van der Waals surface area contributed by atoms with E-state index >= 15 is 0 Å². The van der Waals surface area contributed by atoms with Crippen LogP contribution in [0.5, 0.6) is 0 Å². The Labute approximate surface area is 196 Å².